The first-order valence-corrected chi connectivity index (χ1v) is 10.6. The number of guanidine groups is 1. The van der Waals surface area contributed by atoms with Gasteiger partial charge in [0.25, 0.3) is 0 Å². The van der Waals surface area contributed by atoms with Crippen molar-refractivity contribution in [3.63, 3.8) is 0 Å². The predicted octanol–water partition coefficient (Wildman–Crippen LogP) is 4.24. The van der Waals surface area contributed by atoms with E-state index in [4.69, 9.17) is 14.3 Å². The van der Waals surface area contributed by atoms with E-state index >= 15 is 0 Å². The molecule has 2 atom stereocenters. The van der Waals surface area contributed by atoms with Crippen molar-refractivity contribution in [3.05, 3.63) is 42.1 Å². The van der Waals surface area contributed by atoms with Crippen molar-refractivity contribution in [2.45, 2.75) is 53.2 Å². The predicted molar refractivity (Wildman–Crippen MR) is 117 cm³/mol. The number of nitrogens with one attached hydrogen (secondary N) is 2. The molecule has 0 bridgehead atoms. The molecule has 0 saturated carbocycles. The summed E-state index contributed by atoms with van der Waals surface area (Å²) in [6, 6.07) is 11.9. The molecule has 2 N–H and O–H groups in total. The average molecular weight is 399 g/mol. The van der Waals surface area contributed by atoms with Crippen molar-refractivity contribution in [1.29, 1.82) is 0 Å². The zero-order chi connectivity index (χ0) is 20.7. The third-order valence-corrected chi connectivity index (χ3v) is 5.19. The molecule has 6 nitrogen and oxygen atoms in total. The topological polar surface area (TPSA) is 71.7 Å². The number of hydrogen-bond donors (Lipinski definition) is 2. The van der Waals surface area contributed by atoms with E-state index in [2.05, 4.69) is 43.5 Å². The van der Waals surface area contributed by atoms with Crippen LogP contribution in [0.4, 0.5) is 0 Å². The van der Waals surface area contributed by atoms with E-state index in [1.165, 1.54) is 6.42 Å². The Kier molecular flexibility index (Phi) is 7.31. The van der Waals surface area contributed by atoms with Crippen LogP contribution in [0.25, 0.3) is 11.3 Å². The molecule has 29 heavy (non-hydrogen) atoms. The van der Waals surface area contributed by atoms with Gasteiger partial charge in [-0.3, -0.25) is 0 Å². The fraction of sp³-hybridized carbons (Fsp3) is 0.565. The number of rotatable bonds is 6. The maximum atomic E-state index is 6.10. The highest BCUT2D eigenvalue weighted by Crippen LogP contribution is 2.33. The first kappa shape index (κ1) is 21.4. The highest BCUT2D eigenvalue weighted by molar-refractivity contribution is 5.79. The van der Waals surface area contributed by atoms with E-state index in [0.29, 0.717) is 12.5 Å². The number of aromatic nitrogens is 1. The van der Waals surface area contributed by atoms with Crippen molar-refractivity contribution >= 4 is 5.96 Å². The van der Waals surface area contributed by atoms with Crippen molar-refractivity contribution in [2.24, 2.45) is 16.3 Å². The smallest absolute Gasteiger partial charge is 0.191 e. The van der Waals surface area contributed by atoms with Crippen LogP contribution in [-0.2, 0) is 11.3 Å². The third-order valence-electron chi connectivity index (χ3n) is 5.19. The van der Waals surface area contributed by atoms with Gasteiger partial charge in [0, 0.05) is 37.2 Å². The van der Waals surface area contributed by atoms with Crippen LogP contribution in [0.2, 0.25) is 0 Å². The van der Waals surface area contributed by atoms with Crippen LogP contribution in [0.1, 0.15) is 46.2 Å². The molecule has 1 aromatic heterocycles. The molecule has 158 valence electrons. The minimum atomic E-state index is 0.136. The lowest BCUT2D eigenvalue weighted by Crippen LogP contribution is -2.47. The Labute approximate surface area is 174 Å². The lowest BCUT2D eigenvalue weighted by molar-refractivity contribution is -0.0835. The monoisotopic (exact) mass is 398 g/mol. The Morgan fingerprint density at radius 1 is 1.21 bits per heavy atom. The van der Waals surface area contributed by atoms with Crippen molar-refractivity contribution in [3.8, 4) is 11.3 Å². The maximum absolute atomic E-state index is 6.10. The summed E-state index contributed by atoms with van der Waals surface area (Å²) in [6.07, 6.45) is 2.56. The third kappa shape index (κ3) is 6.07. The minimum absolute atomic E-state index is 0.136. The number of ether oxygens (including phenoxy) is 1. The van der Waals surface area contributed by atoms with E-state index in [1.807, 2.05) is 36.4 Å². The largest absolute Gasteiger partial charge is 0.377 e. The second kappa shape index (κ2) is 9.92. The van der Waals surface area contributed by atoms with Crippen LogP contribution < -0.4 is 10.6 Å². The fourth-order valence-corrected chi connectivity index (χ4v) is 3.86. The minimum Gasteiger partial charge on any atom is -0.377 e. The Hall–Kier alpha value is -2.34. The molecule has 0 radical (unpaired) electrons. The van der Waals surface area contributed by atoms with E-state index in [-0.39, 0.29) is 11.5 Å². The summed E-state index contributed by atoms with van der Waals surface area (Å²) < 4.78 is 11.6. The molecular formula is C23H34N4O2. The van der Waals surface area contributed by atoms with Gasteiger partial charge in [-0.05, 0) is 25.2 Å². The summed E-state index contributed by atoms with van der Waals surface area (Å²) in [4.78, 5) is 4.69. The van der Waals surface area contributed by atoms with Crippen molar-refractivity contribution < 1.29 is 9.26 Å². The Morgan fingerprint density at radius 2 is 2.00 bits per heavy atom. The molecule has 1 aliphatic heterocycles. The summed E-state index contributed by atoms with van der Waals surface area (Å²) in [5, 5.41) is 11.0. The summed E-state index contributed by atoms with van der Waals surface area (Å²) in [6.45, 7) is 11.8. The van der Waals surface area contributed by atoms with E-state index in [1.54, 1.807) is 0 Å². The van der Waals surface area contributed by atoms with Gasteiger partial charge in [0.15, 0.2) is 11.7 Å². The molecule has 1 aliphatic rings. The summed E-state index contributed by atoms with van der Waals surface area (Å²) in [5.74, 6) is 2.04. The first-order chi connectivity index (χ1) is 14.0. The molecule has 0 spiro atoms. The Balaban J connectivity index is 1.61. The van der Waals surface area contributed by atoms with Crippen LogP contribution in [0, 0.1) is 11.3 Å². The van der Waals surface area contributed by atoms with Crippen LogP contribution in [0.3, 0.4) is 0 Å². The van der Waals surface area contributed by atoms with E-state index in [9.17, 15) is 0 Å². The van der Waals surface area contributed by atoms with Crippen LogP contribution in [0.5, 0.6) is 0 Å². The number of benzene rings is 1. The molecule has 2 aromatic rings. The lowest BCUT2D eigenvalue weighted by atomic mass is 9.78. The highest BCUT2D eigenvalue weighted by Gasteiger charge is 2.35. The summed E-state index contributed by atoms with van der Waals surface area (Å²) in [7, 11) is 0. The Morgan fingerprint density at radius 3 is 2.72 bits per heavy atom. The van der Waals surface area contributed by atoms with Gasteiger partial charge in [-0.2, -0.15) is 0 Å². The molecule has 1 saturated heterocycles. The number of aliphatic imine (C=N–C) groups is 1. The van der Waals surface area contributed by atoms with Crippen LogP contribution in [-0.4, -0.2) is 36.9 Å². The average Bonchev–Trinajstić information content (AvgIpc) is 3.19. The van der Waals surface area contributed by atoms with Gasteiger partial charge < -0.3 is 19.9 Å². The van der Waals surface area contributed by atoms with E-state index in [0.717, 1.165) is 49.1 Å². The number of hydrogen-bond acceptors (Lipinski definition) is 4. The zero-order valence-electron chi connectivity index (χ0n) is 18.1. The Bertz CT molecular complexity index is 780. The standard InChI is InChI=1S/C23H34N4O2/c1-5-24-22(25-15-18-12-9-13-28-21(18)23(2,3)4)26-16-19-14-20(29-27-19)17-10-7-6-8-11-17/h6-8,10-11,14,18,21H,5,9,12-13,15-16H2,1-4H3,(H2,24,25,26). The molecule has 2 heterocycles. The molecule has 0 aliphatic carbocycles. The van der Waals surface area contributed by atoms with Gasteiger partial charge in [0.2, 0.25) is 0 Å². The maximum Gasteiger partial charge on any atom is 0.191 e. The van der Waals surface area contributed by atoms with Crippen molar-refractivity contribution in [2.75, 3.05) is 19.7 Å². The second-order valence-electron chi connectivity index (χ2n) is 8.68. The van der Waals surface area contributed by atoms with Gasteiger partial charge in [-0.1, -0.05) is 56.3 Å². The van der Waals surface area contributed by atoms with Gasteiger partial charge >= 0.3 is 0 Å². The van der Waals surface area contributed by atoms with Gasteiger partial charge in [0.1, 0.15) is 5.69 Å². The number of nitrogens with zero attached hydrogens (tertiary/aromatic N) is 2. The molecule has 0 amide bonds. The summed E-state index contributed by atoms with van der Waals surface area (Å²) in [5.41, 5.74) is 1.97. The van der Waals surface area contributed by atoms with Crippen molar-refractivity contribution in [1.82, 2.24) is 15.8 Å². The van der Waals surface area contributed by atoms with Gasteiger partial charge in [-0.25, -0.2) is 4.99 Å². The normalized spacial score (nSPS) is 20.5. The molecule has 1 aromatic carbocycles. The fourth-order valence-electron chi connectivity index (χ4n) is 3.86. The molecule has 3 rings (SSSR count). The zero-order valence-corrected chi connectivity index (χ0v) is 18.1. The van der Waals surface area contributed by atoms with Gasteiger partial charge in [-0.15, -0.1) is 0 Å². The SMILES string of the molecule is CCNC(=NCc1cc(-c2ccccc2)on1)NCC1CCCOC1C(C)(C)C. The second-order valence-corrected chi connectivity index (χ2v) is 8.68. The van der Waals surface area contributed by atoms with Gasteiger partial charge in [0.05, 0.1) is 12.6 Å². The highest BCUT2D eigenvalue weighted by atomic mass is 16.5. The lowest BCUT2D eigenvalue weighted by Gasteiger charge is -2.40. The molecule has 6 heteroatoms. The molecule has 2 unspecified atom stereocenters. The van der Waals surface area contributed by atoms with Crippen LogP contribution in [0.15, 0.2) is 45.9 Å². The molecule has 1 fully saturated rings. The first-order valence-electron chi connectivity index (χ1n) is 10.6. The summed E-state index contributed by atoms with van der Waals surface area (Å²) >= 11 is 0. The van der Waals surface area contributed by atoms with Crippen LogP contribution >= 0.6 is 0 Å². The van der Waals surface area contributed by atoms with E-state index < -0.39 is 0 Å². The quantitative estimate of drug-likeness (QED) is 0.563. The molecular weight excluding hydrogens is 364 g/mol.